The zero-order valence-corrected chi connectivity index (χ0v) is 16.1. The topological polar surface area (TPSA) is 76.1 Å². The van der Waals surface area contributed by atoms with Gasteiger partial charge >= 0.3 is 0 Å². The summed E-state index contributed by atoms with van der Waals surface area (Å²) < 4.78 is 5.07. The average Bonchev–Trinajstić information content (AvgIpc) is 2.74. The number of rotatable bonds is 8. The van der Waals surface area contributed by atoms with Gasteiger partial charge in [-0.15, -0.1) is 0 Å². The first-order valence-corrected chi connectivity index (χ1v) is 9.17. The molecule has 0 aliphatic carbocycles. The number of nitrogens with one attached hydrogen (secondary N) is 2. The third kappa shape index (κ3) is 5.37. The Morgan fingerprint density at radius 1 is 1.04 bits per heavy atom. The van der Waals surface area contributed by atoms with Crippen LogP contribution in [0, 0.1) is 6.92 Å². The van der Waals surface area contributed by atoms with Gasteiger partial charge in [-0.1, -0.05) is 60.2 Å². The number of aromatic nitrogens is 2. The van der Waals surface area contributed by atoms with Crippen molar-refractivity contribution in [3.05, 3.63) is 77.5 Å². The molecule has 2 N–H and O–H groups in total. The van der Waals surface area contributed by atoms with Crippen LogP contribution >= 0.6 is 0 Å². The minimum Gasteiger partial charge on any atom is -0.383 e. The smallest absolute Gasteiger partial charge is 0.270 e. The maximum Gasteiger partial charge on any atom is 0.270 e. The number of amides is 1. The van der Waals surface area contributed by atoms with Crippen LogP contribution in [-0.2, 0) is 11.3 Å². The summed E-state index contributed by atoms with van der Waals surface area (Å²) in [4.78, 5) is 21.7. The molecule has 144 valence electrons. The Morgan fingerprint density at radius 2 is 1.79 bits per heavy atom. The van der Waals surface area contributed by atoms with Gasteiger partial charge in [0.1, 0.15) is 11.5 Å². The van der Waals surface area contributed by atoms with Crippen LogP contribution in [0.2, 0.25) is 0 Å². The lowest BCUT2D eigenvalue weighted by Crippen LogP contribution is -2.24. The van der Waals surface area contributed by atoms with Crippen LogP contribution in [0.1, 0.15) is 21.6 Å². The lowest BCUT2D eigenvalue weighted by molar-refractivity contribution is 0.0946. The van der Waals surface area contributed by atoms with Gasteiger partial charge in [-0.2, -0.15) is 0 Å². The number of carbonyl (C=O) groups excluding carboxylic acids is 1. The molecule has 0 unspecified atom stereocenters. The van der Waals surface area contributed by atoms with E-state index in [9.17, 15) is 4.79 Å². The molecule has 0 spiro atoms. The first kappa shape index (κ1) is 19.5. The highest BCUT2D eigenvalue weighted by molar-refractivity contribution is 5.93. The van der Waals surface area contributed by atoms with E-state index in [0.717, 1.165) is 11.1 Å². The molecule has 6 nitrogen and oxygen atoms in total. The van der Waals surface area contributed by atoms with Crippen molar-refractivity contribution in [1.82, 2.24) is 15.3 Å². The van der Waals surface area contributed by atoms with Crippen molar-refractivity contribution in [2.45, 2.75) is 13.5 Å². The van der Waals surface area contributed by atoms with E-state index in [1.54, 1.807) is 13.2 Å². The molecule has 0 radical (unpaired) electrons. The van der Waals surface area contributed by atoms with Gasteiger partial charge in [-0.05, 0) is 12.5 Å². The first-order valence-electron chi connectivity index (χ1n) is 9.17. The zero-order valence-electron chi connectivity index (χ0n) is 16.1. The number of anilines is 1. The van der Waals surface area contributed by atoms with Crippen LogP contribution in [0.5, 0.6) is 0 Å². The van der Waals surface area contributed by atoms with Crippen molar-refractivity contribution in [3.8, 4) is 11.4 Å². The molecule has 3 aromatic rings. The molecule has 0 fully saturated rings. The second-order valence-corrected chi connectivity index (χ2v) is 6.42. The Bertz CT molecular complexity index is 912. The molecule has 0 atom stereocenters. The maximum atomic E-state index is 12.7. The van der Waals surface area contributed by atoms with Crippen molar-refractivity contribution >= 4 is 11.7 Å². The van der Waals surface area contributed by atoms with E-state index in [1.165, 1.54) is 5.56 Å². The molecule has 1 amide bonds. The van der Waals surface area contributed by atoms with Gasteiger partial charge in [0.2, 0.25) is 0 Å². The number of benzene rings is 2. The minimum atomic E-state index is -0.241. The van der Waals surface area contributed by atoms with E-state index < -0.39 is 0 Å². The summed E-state index contributed by atoms with van der Waals surface area (Å²) in [5, 5.41) is 6.10. The number of carbonyl (C=O) groups is 1. The van der Waals surface area contributed by atoms with E-state index in [0.29, 0.717) is 37.0 Å². The highest BCUT2D eigenvalue weighted by Crippen LogP contribution is 2.18. The monoisotopic (exact) mass is 376 g/mol. The number of hydrogen-bond acceptors (Lipinski definition) is 5. The van der Waals surface area contributed by atoms with Crippen LogP contribution < -0.4 is 10.6 Å². The summed E-state index contributed by atoms with van der Waals surface area (Å²) >= 11 is 0. The zero-order chi connectivity index (χ0) is 19.8. The molecule has 0 aliphatic rings. The SMILES string of the molecule is COCCNc1cc(C(=O)NCc2ccc(C)cc2)nc(-c2ccccc2)n1. The number of nitrogens with zero attached hydrogens (tertiary/aromatic N) is 2. The maximum absolute atomic E-state index is 12.7. The fourth-order valence-corrected chi connectivity index (χ4v) is 2.63. The Balaban J connectivity index is 1.80. The van der Waals surface area contributed by atoms with E-state index in [1.807, 2.05) is 61.5 Å². The van der Waals surface area contributed by atoms with E-state index in [2.05, 4.69) is 20.6 Å². The molecule has 1 aromatic heterocycles. The predicted octanol–water partition coefficient (Wildman–Crippen LogP) is 3.44. The molecular weight excluding hydrogens is 352 g/mol. The number of ether oxygens (including phenoxy) is 1. The van der Waals surface area contributed by atoms with Crippen molar-refractivity contribution in [1.29, 1.82) is 0 Å². The molecule has 0 saturated carbocycles. The number of aryl methyl sites for hydroxylation is 1. The van der Waals surface area contributed by atoms with Gasteiger partial charge in [-0.3, -0.25) is 4.79 Å². The molecular formula is C22H24N4O2. The third-order valence-corrected chi connectivity index (χ3v) is 4.18. The fourth-order valence-electron chi connectivity index (χ4n) is 2.63. The highest BCUT2D eigenvalue weighted by atomic mass is 16.5. The van der Waals surface area contributed by atoms with Crippen LogP contribution in [0.15, 0.2) is 60.7 Å². The Hall–Kier alpha value is -3.25. The largest absolute Gasteiger partial charge is 0.383 e. The standard InChI is InChI=1S/C22H24N4O2/c1-16-8-10-17(11-9-16)15-24-22(27)19-14-20(23-12-13-28-2)26-21(25-19)18-6-4-3-5-7-18/h3-11,14H,12-13,15H2,1-2H3,(H,24,27)(H,23,25,26). The van der Waals surface area contributed by atoms with Crippen molar-refractivity contribution in [3.63, 3.8) is 0 Å². The van der Waals surface area contributed by atoms with E-state index in [4.69, 9.17) is 4.74 Å². The summed E-state index contributed by atoms with van der Waals surface area (Å²) in [5.74, 6) is 0.852. The molecule has 0 saturated heterocycles. The van der Waals surface area contributed by atoms with Crippen molar-refractivity contribution in [2.24, 2.45) is 0 Å². The average molecular weight is 376 g/mol. The second-order valence-electron chi connectivity index (χ2n) is 6.42. The van der Waals surface area contributed by atoms with Gasteiger partial charge in [0, 0.05) is 31.8 Å². The van der Waals surface area contributed by atoms with Gasteiger partial charge in [0.05, 0.1) is 6.61 Å². The predicted molar refractivity (Wildman–Crippen MR) is 110 cm³/mol. The van der Waals surface area contributed by atoms with Crippen LogP contribution in [0.25, 0.3) is 11.4 Å². The summed E-state index contributed by atoms with van der Waals surface area (Å²) in [6.07, 6.45) is 0. The fraction of sp³-hybridized carbons (Fsp3) is 0.227. The summed E-state index contributed by atoms with van der Waals surface area (Å²) in [6.45, 7) is 3.61. The number of hydrogen-bond donors (Lipinski definition) is 2. The molecule has 28 heavy (non-hydrogen) atoms. The summed E-state index contributed by atoms with van der Waals surface area (Å²) in [6, 6.07) is 19.3. The van der Waals surface area contributed by atoms with Gasteiger partial charge in [-0.25, -0.2) is 9.97 Å². The summed E-state index contributed by atoms with van der Waals surface area (Å²) in [5.41, 5.74) is 3.39. The normalized spacial score (nSPS) is 10.5. The number of methoxy groups -OCH3 is 1. The first-order chi connectivity index (χ1) is 13.7. The van der Waals surface area contributed by atoms with Crippen molar-refractivity contribution in [2.75, 3.05) is 25.6 Å². The van der Waals surface area contributed by atoms with Crippen LogP contribution in [0.4, 0.5) is 5.82 Å². The van der Waals surface area contributed by atoms with Gasteiger partial charge < -0.3 is 15.4 Å². The molecule has 1 heterocycles. The molecule has 0 bridgehead atoms. The highest BCUT2D eigenvalue weighted by Gasteiger charge is 2.13. The molecule has 0 aliphatic heterocycles. The Labute approximate surface area is 165 Å². The quantitative estimate of drug-likeness (QED) is 0.589. The third-order valence-electron chi connectivity index (χ3n) is 4.18. The Morgan fingerprint density at radius 3 is 2.50 bits per heavy atom. The lowest BCUT2D eigenvalue weighted by Gasteiger charge is -2.11. The van der Waals surface area contributed by atoms with E-state index >= 15 is 0 Å². The lowest BCUT2D eigenvalue weighted by atomic mass is 10.1. The Kier molecular flexibility index (Phi) is 6.70. The molecule has 6 heteroatoms. The summed E-state index contributed by atoms with van der Waals surface area (Å²) in [7, 11) is 1.64. The van der Waals surface area contributed by atoms with Crippen LogP contribution in [-0.4, -0.2) is 36.1 Å². The second kappa shape index (κ2) is 9.62. The minimum absolute atomic E-state index is 0.241. The van der Waals surface area contributed by atoms with Crippen molar-refractivity contribution < 1.29 is 9.53 Å². The molecule has 3 rings (SSSR count). The molecule has 2 aromatic carbocycles. The van der Waals surface area contributed by atoms with Crippen LogP contribution in [0.3, 0.4) is 0 Å². The van der Waals surface area contributed by atoms with E-state index in [-0.39, 0.29) is 5.91 Å². The van der Waals surface area contributed by atoms with Gasteiger partial charge in [0.15, 0.2) is 5.82 Å². The van der Waals surface area contributed by atoms with Gasteiger partial charge in [0.25, 0.3) is 5.91 Å².